The third-order valence-corrected chi connectivity index (χ3v) is 3.42. The van der Waals surface area contributed by atoms with Gasteiger partial charge >= 0.3 is 0 Å². The first-order chi connectivity index (χ1) is 8.36. The molecule has 3 nitrogen and oxygen atoms in total. The first-order valence-corrected chi connectivity index (χ1v) is 7.21. The minimum atomic E-state index is 0.0452. The summed E-state index contributed by atoms with van der Waals surface area (Å²) >= 11 is 0. The van der Waals surface area contributed by atoms with Gasteiger partial charge in [0.25, 0.3) is 0 Å². The third-order valence-electron chi connectivity index (χ3n) is 3.42. The van der Waals surface area contributed by atoms with E-state index in [-0.39, 0.29) is 6.29 Å². The molecule has 1 fully saturated rings. The van der Waals surface area contributed by atoms with Crippen molar-refractivity contribution in [3.8, 4) is 0 Å². The van der Waals surface area contributed by atoms with Gasteiger partial charge in [-0.15, -0.1) is 0 Å². The average molecular weight is 244 g/mol. The molecule has 1 aliphatic heterocycles. The molecule has 102 valence electrons. The first-order valence-electron chi connectivity index (χ1n) is 7.21. The lowest BCUT2D eigenvalue weighted by Gasteiger charge is -2.24. The Morgan fingerprint density at radius 3 is 2.47 bits per heavy atom. The Bertz CT molecular complexity index is 167. The van der Waals surface area contributed by atoms with E-state index in [0.29, 0.717) is 6.61 Å². The quantitative estimate of drug-likeness (QED) is 0.677. The molecule has 1 unspecified atom stereocenters. The van der Waals surface area contributed by atoms with Crippen LogP contribution in [0.15, 0.2) is 0 Å². The largest absolute Gasteiger partial charge is 0.396 e. The Morgan fingerprint density at radius 2 is 1.82 bits per heavy atom. The van der Waals surface area contributed by atoms with Crippen LogP contribution >= 0.6 is 0 Å². The van der Waals surface area contributed by atoms with Crippen LogP contribution < -0.4 is 0 Å². The minimum Gasteiger partial charge on any atom is -0.396 e. The number of ether oxygens (including phenoxy) is 2. The summed E-state index contributed by atoms with van der Waals surface area (Å²) in [6.07, 6.45) is 9.17. The standard InChI is InChI=1S/C14H28O3/c1-2-6-13(8-4-10-15)7-3-9-14-16-11-5-12-17-14/h13-15H,2-12H2,1H3. The maximum atomic E-state index is 8.87. The van der Waals surface area contributed by atoms with Crippen LogP contribution in [0.25, 0.3) is 0 Å². The van der Waals surface area contributed by atoms with Gasteiger partial charge in [-0.05, 0) is 38.0 Å². The van der Waals surface area contributed by atoms with E-state index >= 15 is 0 Å². The molecule has 0 bridgehead atoms. The van der Waals surface area contributed by atoms with Crippen molar-refractivity contribution in [2.24, 2.45) is 5.92 Å². The van der Waals surface area contributed by atoms with Crippen molar-refractivity contribution in [2.45, 2.75) is 64.6 Å². The van der Waals surface area contributed by atoms with Crippen molar-refractivity contribution in [2.75, 3.05) is 19.8 Å². The summed E-state index contributed by atoms with van der Waals surface area (Å²) in [5.41, 5.74) is 0. The van der Waals surface area contributed by atoms with E-state index < -0.39 is 0 Å². The van der Waals surface area contributed by atoms with Crippen molar-refractivity contribution in [3.63, 3.8) is 0 Å². The molecule has 0 aromatic carbocycles. The molecule has 0 aromatic rings. The molecule has 3 heteroatoms. The van der Waals surface area contributed by atoms with E-state index in [1.807, 2.05) is 0 Å². The van der Waals surface area contributed by atoms with Gasteiger partial charge in [0.1, 0.15) is 0 Å². The predicted octanol–water partition coefficient (Wildman–Crippen LogP) is 3.11. The summed E-state index contributed by atoms with van der Waals surface area (Å²) in [7, 11) is 0. The van der Waals surface area contributed by atoms with E-state index in [1.54, 1.807) is 0 Å². The van der Waals surface area contributed by atoms with Crippen LogP contribution in [0, 0.1) is 5.92 Å². The Morgan fingerprint density at radius 1 is 1.12 bits per heavy atom. The van der Waals surface area contributed by atoms with Crippen molar-refractivity contribution in [3.05, 3.63) is 0 Å². The number of hydrogen-bond donors (Lipinski definition) is 1. The topological polar surface area (TPSA) is 38.7 Å². The Balaban J connectivity index is 2.07. The number of aliphatic hydroxyl groups is 1. The zero-order chi connectivity index (χ0) is 12.3. The predicted molar refractivity (Wildman–Crippen MR) is 68.9 cm³/mol. The van der Waals surface area contributed by atoms with E-state index in [4.69, 9.17) is 14.6 Å². The molecule has 17 heavy (non-hydrogen) atoms. The second-order valence-corrected chi connectivity index (χ2v) is 4.98. The van der Waals surface area contributed by atoms with E-state index in [0.717, 1.165) is 44.8 Å². The fourth-order valence-electron chi connectivity index (χ4n) is 2.50. The Labute approximate surface area is 105 Å². The van der Waals surface area contributed by atoms with Gasteiger partial charge in [-0.2, -0.15) is 0 Å². The number of hydrogen-bond acceptors (Lipinski definition) is 3. The van der Waals surface area contributed by atoms with E-state index in [2.05, 4.69) is 6.92 Å². The van der Waals surface area contributed by atoms with Crippen LogP contribution in [-0.2, 0) is 9.47 Å². The molecule has 1 rings (SSSR count). The lowest BCUT2D eigenvalue weighted by Crippen LogP contribution is -2.24. The smallest absolute Gasteiger partial charge is 0.157 e. The highest BCUT2D eigenvalue weighted by atomic mass is 16.7. The lowest BCUT2D eigenvalue weighted by atomic mass is 9.92. The molecule has 1 N–H and O–H groups in total. The van der Waals surface area contributed by atoms with Gasteiger partial charge in [-0.25, -0.2) is 0 Å². The highest BCUT2D eigenvalue weighted by Crippen LogP contribution is 2.22. The number of rotatable bonds is 9. The molecular weight excluding hydrogens is 216 g/mol. The van der Waals surface area contributed by atoms with Gasteiger partial charge in [0.05, 0.1) is 13.2 Å². The SMILES string of the molecule is CCCC(CCCO)CCCC1OCCCO1. The molecule has 0 aliphatic carbocycles. The van der Waals surface area contributed by atoms with Crippen molar-refractivity contribution >= 4 is 0 Å². The van der Waals surface area contributed by atoms with Crippen molar-refractivity contribution in [1.29, 1.82) is 0 Å². The van der Waals surface area contributed by atoms with Gasteiger partial charge in [-0.3, -0.25) is 0 Å². The lowest BCUT2D eigenvalue weighted by molar-refractivity contribution is -0.181. The fraction of sp³-hybridized carbons (Fsp3) is 1.00. The summed E-state index contributed by atoms with van der Waals surface area (Å²) in [4.78, 5) is 0. The van der Waals surface area contributed by atoms with E-state index in [9.17, 15) is 0 Å². The highest BCUT2D eigenvalue weighted by molar-refractivity contribution is 4.61. The molecular formula is C14H28O3. The van der Waals surface area contributed by atoms with Crippen LogP contribution in [0.1, 0.15) is 58.3 Å². The molecule has 0 amide bonds. The average Bonchev–Trinajstić information content (AvgIpc) is 2.37. The fourth-order valence-corrected chi connectivity index (χ4v) is 2.50. The van der Waals surface area contributed by atoms with Gasteiger partial charge < -0.3 is 14.6 Å². The van der Waals surface area contributed by atoms with Crippen molar-refractivity contribution < 1.29 is 14.6 Å². The van der Waals surface area contributed by atoms with Crippen LogP contribution in [-0.4, -0.2) is 31.2 Å². The van der Waals surface area contributed by atoms with Crippen LogP contribution in [0.2, 0.25) is 0 Å². The Hall–Kier alpha value is -0.120. The van der Waals surface area contributed by atoms with Crippen LogP contribution in [0.4, 0.5) is 0 Å². The summed E-state index contributed by atoms with van der Waals surface area (Å²) in [6, 6.07) is 0. The summed E-state index contributed by atoms with van der Waals surface area (Å²) < 4.78 is 11.1. The van der Waals surface area contributed by atoms with Gasteiger partial charge in [0.15, 0.2) is 6.29 Å². The van der Waals surface area contributed by atoms with Crippen molar-refractivity contribution in [1.82, 2.24) is 0 Å². The van der Waals surface area contributed by atoms with E-state index in [1.165, 1.54) is 25.7 Å². The zero-order valence-electron chi connectivity index (χ0n) is 11.2. The molecule has 1 atom stereocenters. The summed E-state index contributed by atoms with van der Waals surface area (Å²) in [6.45, 7) is 4.27. The summed E-state index contributed by atoms with van der Waals surface area (Å²) in [5, 5.41) is 8.87. The monoisotopic (exact) mass is 244 g/mol. The second-order valence-electron chi connectivity index (χ2n) is 4.98. The number of aliphatic hydroxyl groups excluding tert-OH is 1. The van der Waals surface area contributed by atoms with Crippen LogP contribution in [0.5, 0.6) is 0 Å². The van der Waals surface area contributed by atoms with Gasteiger partial charge in [0, 0.05) is 6.61 Å². The van der Waals surface area contributed by atoms with Gasteiger partial charge in [0.2, 0.25) is 0 Å². The maximum absolute atomic E-state index is 8.87. The van der Waals surface area contributed by atoms with Gasteiger partial charge in [-0.1, -0.05) is 26.2 Å². The first kappa shape index (κ1) is 14.9. The maximum Gasteiger partial charge on any atom is 0.157 e. The molecule has 0 radical (unpaired) electrons. The molecule has 1 aliphatic rings. The molecule has 1 saturated heterocycles. The summed E-state index contributed by atoms with van der Waals surface area (Å²) in [5.74, 6) is 0.774. The van der Waals surface area contributed by atoms with Crippen LogP contribution in [0.3, 0.4) is 0 Å². The normalized spacial score (nSPS) is 19.4. The second kappa shape index (κ2) is 9.86. The third kappa shape index (κ3) is 7.02. The highest BCUT2D eigenvalue weighted by Gasteiger charge is 2.15. The molecule has 0 aromatic heterocycles. The molecule has 0 saturated carbocycles. The molecule has 1 heterocycles. The molecule has 0 spiro atoms. The Kier molecular flexibility index (Phi) is 8.67. The zero-order valence-corrected chi connectivity index (χ0v) is 11.2. The minimum absolute atomic E-state index is 0.0452.